The predicted molar refractivity (Wildman–Crippen MR) is 82.7 cm³/mol. The van der Waals surface area contributed by atoms with Crippen molar-refractivity contribution in [1.29, 1.82) is 0 Å². The molecule has 0 amide bonds. The van der Waals surface area contributed by atoms with Gasteiger partial charge in [0.05, 0.1) is 6.33 Å². The third-order valence-electron chi connectivity index (χ3n) is 5.74. The molecule has 2 heterocycles. The van der Waals surface area contributed by atoms with Crippen molar-refractivity contribution in [2.45, 2.75) is 70.9 Å². The number of rotatable bonds is 1. The Labute approximate surface area is 123 Å². The van der Waals surface area contributed by atoms with Gasteiger partial charge >= 0.3 is 0 Å². The van der Waals surface area contributed by atoms with Gasteiger partial charge in [-0.2, -0.15) is 0 Å². The van der Waals surface area contributed by atoms with Crippen LogP contribution in [0, 0.1) is 5.41 Å². The maximum absolute atomic E-state index is 4.19. The van der Waals surface area contributed by atoms with Crippen molar-refractivity contribution in [2.24, 2.45) is 5.41 Å². The zero-order valence-electron chi connectivity index (χ0n) is 13.3. The summed E-state index contributed by atoms with van der Waals surface area (Å²) >= 11 is 0. The van der Waals surface area contributed by atoms with Gasteiger partial charge in [0.25, 0.3) is 0 Å². The third-order valence-corrected chi connectivity index (χ3v) is 5.74. The second-order valence-corrected chi connectivity index (χ2v) is 7.90. The molecule has 0 atom stereocenters. The van der Waals surface area contributed by atoms with E-state index in [-0.39, 0.29) is 0 Å². The smallest absolute Gasteiger partial charge is 0.0948 e. The summed E-state index contributed by atoms with van der Waals surface area (Å²) in [5.74, 6) is 0. The van der Waals surface area contributed by atoms with Crippen LogP contribution in [0.1, 0.15) is 65.3 Å². The minimum Gasteiger partial charge on any atom is -0.334 e. The van der Waals surface area contributed by atoms with E-state index in [9.17, 15) is 0 Å². The molecule has 1 aliphatic carbocycles. The van der Waals surface area contributed by atoms with Crippen LogP contribution < -0.4 is 0 Å². The highest BCUT2D eigenvalue weighted by Gasteiger charge is 2.40. The van der Waals surface area contributed by atoms with E-state index in [1.807, 2.05) is 12.5 Å². The van der Waals surface area contributed by atoms with Crippen LogP contribution >= 0.6 is 0 Å². The van der Waals surface area contributed by atoms with Crippen molar-refractivity contribution in [2.75, 3.05) is 13.1 Å². The van der Waals surface area contributed by atoms with E-state index in [1.54, 1.807) is 0 Å². The predicted octanol–water partition coefficient (Wildman–Crippen LogP) is 3.88. The molecule has 2 fully saturated rings. The fourth-order valence-corrected chi connectivity index (χ4v) is 4.15. The van der Waals surface area contributed by atoms with Gasteiger partial charge in [0.1, 0.15) is 0 Å². The molecule has 20 heavy (non-hydrogen) atoms. The van der Waals surface area contributed by atoms with Gasteiger partial charge in [-0.1, -0.05) is 0 Å². The summed E-state index contributed by atoms with van der Waals surface area (Å²) in [6.07, 6.45) is 14.3. The Hall–Kier alpha value is -0.830. The number of aromatic nitrogens is 2. The second-order valence-electron chi connectivity index (χ2n) is 7.90. The first-order valence-electron chi connectivity index (χ1n) is 8.21. The third kappa shape index (κ3) is 2.78. The lowest BCUT2D eigenvalue weighted by Gasteiger charge is -2.49. The Morgan fingerprint density at radius 1 is 1.05 bits per heavy atom. The van der Waals surface area contributed by atoms with Gasteiger partial charge in [-0.3, -0.25) is 4.90 Å². The van der Waals surface area contributed by atoms with E-state index in [1.165, 1.54) is 51.6 Å². The van der Waals surface area contributed by atoms with Crippen LogP contribution in [-0.4, -0.2) is 33.1 Å². The zero-order valence-corrected chi connectivity index (χ0v) is 13.3. The summed E-state index contributed by atoms with van der Waals surface area (Å²) in [4.78, 5) is 6.86. The van der Waals surface area contributed by atoms with Crippen LogP contribution in [0.5, 0.6) is 0 Å². The van der Waals surface area contributed by atoms with E-state index < -0.39 is 0 Å². The molecule has 1 aliphatic heterocycles. The molecule has 0 N–H and O–H groups in total. The molecule has 112 valence electrons. The molecule has 0 unspecified atom stereocenters. The quantitative estimate of drug-likeness (QED) is 0.775. The van der Waals surface area contributed by atoms with Gasteiger partial charge in [-0.25, -0.2) is 4.98 Å². The molecule has 1 aromatic rings. The molecule has 1 spiro atoms. The average Bonchev–Trinajstić information content (AvgIpc) is 2.93. The van der Waals surface area contributed by atoms with Gasteiger partial charge < -0.3 is 4.57 Å². The first kappa shape index (κ1) is 14.1. The summed E-state index contributed by atoms with van der Waals surface area (Å²) in [5, 5.41) is 0. The van der Waals surface area contributed by atoms with Crippen LogP contribution in [0.2, 0.25) is 0 Å². The Kier molecular flexibility index (Phi) is 3.65. The lowest BCUT2D eigenvalue weighted by atomic mass is 9.66. The normalized spacial score (nSPS) is 25.1. The monoisotopic (exact) mass is 275 g/mol. The van der Waals surface area contributed by atoms with Gasteiger partial charge in [0.15, 0.2) is 0 Å². The van der Waals surface area contributed by atoms with Gasteiger partial charge in [-0.15, -0.1) is 0 Å². The highest BCUT2D eigenvalue weighted by molar-refractivity contribution is 4.94. The van der Waals surface area contributed by atoms with Gasteiger partial charge in [0, 0.05) is 24.0 Å². The summed E-state index contributed by atoms with van der Waals surface area (Å²) < 4.78 is 2.32. The molecule has 0 aromatic carbocycles. The molecule has 0 radical (unpaired) electrons. The zero-order chi connectivity index (χ0) is 14.2. The minimum absolute atomic E-state index is 0.343. The van der Waals surface area contributed by atoms with Crippen molar-refractivity contribution in [3.8, 4) is 0 Å². The van der Waals surface area contributed by atoms with Crippen LogP contribution in [0.4, 0.5) is 0 Å². The summed E-state index contributed by atoms with van der Waals surface area (Å²) in [6, 6.07) is 0.698. The Morgan fingerprint density at radius 3 is 2.20 bits per heavy atom. The molecule has 1 saturated carbocycles. The fraction of sp³-hybridized carbons (Fsp3) is 0.824. The van der Waals surface area contributed by atoms with Crippen LogP contribution in [0.15, 0.2) is 18.7 Å². The van der Waals surface area contributed by atoms with Crippen molar-refractivity contribution in [3.63, 3.8) is 0 Å². The minimum atomic E-state index is 0.343. The fourth-order valence-electron chi connectivity index (χ4n) is 4.15. The van der Waals surface area contributed by atoms with E-state index >= 15 is 0 Å². The van der Waals surface area contributed by atoms with E-state index in [2.05, 4.69) is 41.4 Å². The summed E-state index contributed by atoms with van der Waals surface area (Å²) in [7, 11) is 0. The number of hydrogen-bond acceptors (Lipinski definition) is 2. The largest absolute Gasteiger partial charge is 0.334 e. The number of likely N-dealkylation sites (tertiary alicyclic amines) is 1. The van der Waals surface area contributed by atoms with Crippen LogP contribution in [-0.2, 0) is 0 Å². The van der Waals surface area contributed by atoms with Crippen molar-refractivity contribution in [3.05, 3.63) is 18.7 Å². The molecular weight excluding hydrogens is 246 g/mol. The van der Waals surface area contributed by atoms with Crippen molar-refractivity contribution in [1.82, 2.24) is 14.5 Å². The Morgan fingerprint density at radius 2 is 1.70 bits per heavy atom. The first-order valence-corrected chi connectivity index (χ1v) is 8.21. The highest BCUT2D eigenvalue weighted by Crippen LogP contribution is 2.48. The Bertz CT molecular complexity index is 412. The van der Waals surface area contributed by atoms with Gasteiger partial charge in [0.2, 0.25) is 0 Å². The topological polar surface area (TPSA) is 21.1 Å². The molecule has 2 aliphatic rings. The first-order chi connectivity index (χ1) is 9.49. The van der Waals surface area contributed by atoms with E-state index in [0.717, 1.165) is 0 Å². The lowest BCUT2D eigenvalue weighted by Crippen LogP contribution is -2.49. The van der Waals surface area contributed by atoms with Crippen LogP contribution in [0.3, 0.4) is 0 Å². The lowest BCUT2D eigenvalue weighted by molar-refractivity contribution is 0.0143. The summed E-state index contributed by atoms with van der Waals surface area (Å²) in [5.41, 5.74) is 0.994. The number of hydrogen-bond donors (Lipinski definition) is 0. The maximum Gasteiger partial charge on any atom is 0.0948 e. The highest BCUT2D eigenvalue weighted by atomic mass is 15.2. The van der Waals surface area contributed by atoms with Crippen molar-refractivity contribution < 1.29 is 0 Å². The number of imidazole rings is 1. The van der Waals surface area contributed by atoms with Gasteiger partial charge in [-0.05, 0) is 77.8 Å². The number of piperidine rings is 1. The molecule has 3 heteroatoms. The molecule has 1 saturated heterocycles. The molecule has 3 rings (SSSR count). The van der Waals surface area contributed by atoms with E-state index in [0.29, 0.717) is 17.0 Å². The number of nitrogens with zero attached hydrogens (tertiary/aromatic N) is 3. The van der Waals surface area contributed by atoms with Crippen molar-refractivity contribution >= 4 is 0 Å². The summed E-state index contributed by atoms with van der Waals surface area (Å²) in [6.45, 7) is 9.63. The standard InChI is InChI=1S/C17H29N3/c1-16(2,3)20-11-8-17(9-12-20)6-4-15(5-7-17)19-13-10-18-14-19/h10,13-15H,4-9,11-12H2,1-3H3. The molecule has 3 nitrogen and oxygen atoms in total. The molecule has 1 aromatic heterocycles. The maximum atomic E-state index is 4.19. The second kappa shape index (κ2) is 5.18. The average molecular weight is 275 g/mol. The molecule has 0 bridgehead atoms. The Balaban J connectivity index is 1.56. The SMILES string of the molecule is CC(C)(C)N1CCC2(CCC(n3ccnc3)CC2)CC1. The molecular formula is C17H29N3. The van der Waals surface area contributed by atoms with E-state index in [4.69, 9.17) is 0 Å². The van der Waals surface area contributed by atoms with Crippen LogP contribution in [0.25, 0.3) is 0 Å².